The van der Waals surface area contributed by atoms with Gasteiger partial charge >= 0.3 is 0 Å². The van der Waals surface area contributed by atoms with Gasteiger partial charge in [0.15, 0.2) is 6.79 Å². The Labute approximate surface area is 174 Å². The second-order valence-corrected chi connectivity index (χ2v) is 7.18. The largest absolute Gasteiger partial charge is 0.507 e. The molecule has 5 nitrogen and oxygen atoms in total. The molecule has 1 aliphatic heterocycles. The van der Waals surface area contributed by atoms with E-state index >= 15 is 0 Å². The minimum absolute atomic E-state index is 0.0760. The number of hydrogen-bond acceptors (Lipinski definition) is 4. The summed E-state index contributed by atoms with van der Waals surface area (Å²) in [5.74, 6) is -0.204. The number of phenolic OH excluding ortho intramolecular Hbond substituents is 1. The highest BCUT2D eigenvalue weighted by Gasteiger charge is 2.18. The maximum atomic E-state index is 13.9. The quantitative estimate of drug-likeness (QED) is 0.649. The summed E-state index contributed by atoms with van der Waals surface area (Å²) in [6.07, 6.45) is 1.06. The molecule has 0 atom stereocenters. The van der Waals surface area contributed by atoms with E-state index in [4.69, 9.17) is 9.47 Å². The van der Waals surface area contributed by atoms with Crippen molar-refractivity contribution in [1.29, 1.82) is 0 Å². The summed E-state index contributed by atoms with van der Waals surface area (Å²) >= 11 is 0. The van der Waals surface area contributed by atoms with Crippen LogP contribution in [0.25, 0.3) is 0 Å². The van der Waals surface area contributed by atoms with E-state index in [1.54, 1.807) is 12.1 Å². The number of rotatable bonds is 6. The van der Waals surface area contributed by atoms with Gasteiger partial charge in [-0.3, -0.25) is 4.79 Å². The summed E-state index contributed by atoms with van der Waals surface area (Å²) in [5, 5.41) is 12.9. The lowest BCUT2D eigenvalue weighted by Gasteiger charge is -2.21. The number of nitrogens with one attached hydrogen (secondary N) is 1. The summed E-state index contributed by atoms with van der Waals surface area (Å²) in [4.78, 5) is 12.6. The molecule has 1 amide bonds. The third-order valence-corrected chi connectivity index (χ3v) is 4.99. The lowest BCUT2D eigenvalue weighted by molar-refractivity contribution is -0.0172. The molecule has 1 heterocycles. The average molecular weight is 407 g/mol. The molecule has 30 heavy (non-hydrogen) atoms. The zero-order valence-corrected chi connectivity index (χ0v) is 16.4. The van der Waals surface area contributed by atoms with Crippen LogP contribution in [0, 0.1) is 5.82 Å². The molecule has 0 aliphatic carbocycles. The van der Waals surface area contributed by atoms with Gasteiger partial charge in [-0.2, -0.15) is 0 Å². The van der Waals surface area contributed by atoms with Crippen molar-refractivity contribution >= 4 is 5.91 Å². The number of fused-ring (bicyclic) bond motifs is 1. The second-order valence-electron chi connectivity index (χ2n) is 7.18. The summed E-state index contributed by atoms with van der Waals surface area (Å²) in [7, 11) is 0. The summed E-state index contributed by atoms with van der Waals surface area (Å²) in [6.45, 7) is 0.704. The highest BCUT2D eigenvalue weighted by Crippen LogP contribution is 2.29. The normalized spacial score (nSPS) is 12.7. The fraction of sp³-hybridized carbons (Fsp3) is 0.208. The summed E-state index contributed by atoms with van der Waals surface area (Å²) in [5.41, 5.74) is 3.60. The Morgan fingerprint density at radius 3 is 2.73 bits per heavy atom. The van der Waals surface area contributed by atoms with Gasteiger partial charge in [-0.25, -0.2) is 4.39 Å². The lowest BCUT2D eigenvalue weighted by atomic mass is 10.0. The van der Waals surface area contributed by atoms with E-state index in [0.717, 1.165) is 11.1 Å². The van der Waals surface area contributed by atoms with Crippen LogP contribution in [0.15, 0.2) is 60.7 Å². The van der Waals surface area contributed by atoms with Crippen LogP contribution in [0.2, 0.25) is 0 Å². The topological polar surface area (TPSA) is 67.8 Å². The standard InChI is InChI=1S/C24H22FNO4/c25-20-12-18(23-19(13-20)14-29-15-30-23)8-9-26-24(28)21-11-17(6-7-22(21)27)10-16-4-2-1-3-5-16/h1-7,11-13,27H,8-10,14-15H2,(H,26,28). The maximum absolute atomic E-state index is 13.9. The number of ether oxygens (including phenoxy) is 2. The minimum Gasteiger partial charge on any atom is -0.507 e. The number of benzene rings is 3. The fourth-order valence-electron chi connectivity index (χ4n) is 3.55. The van der Waals surface area contributed by atoms with Gasteiger partial charge in [0.1, 0.15) is 17.3 Å². The van der Waals surface area contributed by atoms with E-state index in [1.807, 2.05) is 30.3 Å². The molecule has 4 rings (SSSR count). The van der Waals surface area contributed by atoms with Crippen molar-refractivity contribution in [2.24, 2.45) is 0 Å². The van der Waals surface area contributed by atoms with Gasteiger partial charge in [-0.05, 0) is 53.8 Å². The third kappa shape index (κ3) is 4.60. The van der Waals surface area contributed by atoms with Crippen LogP contribution in [0.1, 0.15) is 32.6 Å². The van der Waals surface area contributed by atoms with Crippen molar-refractivity contribution in [3.05, 3.63) is 94.3 Å². The molecule has 0 aromatic heterocycles. The molecular weight excluding hydrogens is 385 g/mol. The number of carbonyl (C=O) groups is 1. The fourth-order valence-corrected chi connectivity index (χ4v) is 3.55. The molecule has 0 fully saturated rings. The van der Waals surface area contributed by atoms with Crippen molar-refractivity contribution in [1.82, 2.24) is 5.32 Å². The van der Waals surface area contributed by atoms with Crippen LogP contribution in [0.3, 0.4) is 0 Å². The molecule has 6 heteroatoms. The van der Waals surface area contributed by atoms with Crippen molar-refractivity contribution in [3.8, 4) is 11.5 Å². The smallest absolute Gasteiger partial charge is 0.255 e. The summed E-state index contributed by atoms with van der Waals surface area (Å²) in [6, 6.07) is 17.7. The molecule has 1 aliphatic rings. The monoisotopic (exact) mass is 407 g/mol. The van der Waals surface area contributed by atoms with E-state index in [9.17, 15) is 14.3 Å². The Hall–Kier alpha value is -3.38. The molecule has 154 valence electrons. The van der Waals surface area contributed by atoms with Gasteiger partial charge in [0.2, 0.25) is 0 Å². The van der Waals surface area contributed by atoms with E-state index in [-0.39, 0.29) is 36.4 Å². The molecular formula is C24H22FNO4. The molecule has 0 saturated heterocycles. The molecule has 0 unspecified atom stereocenters. The molecule has 2 N–H and O–H groups in total. The van der Waals surface area contributed by atoms with Crippen LogP contribution in [0.5, 0.6) is 11.5 Å². The van der Waals surface area contributed by atoms with Gasteiger partial charge in [-0.15, -0.1) is 0 Å². The van der Waals surface area contributed by atoms with Gasteiger partial charge in [0.05, 0.1) is 12.2 Å². The zero-order chi connectivity index (χ0) is 20.9. The lowest BCUT2D eigenvalue weighted by Crippen LogP contribution is -2.26. The first kappa shape index (κ1) is 19.9. The van der Waals surface area contributed by atoms with Crippen LogP contribution in [0.4, 0.5) is 4.39 Å². The van der Waals surface area contributed by atoms with Crippen molar-refractivity contribution in [2.75, 3.05) is 13.3 Å². The number of aromatic hydroxyl groups is 1. The SMILES string of the molecule is O=C(NCCc1cc(F)cc2c1OCOC2)c1cc(Cc2ccccc2)ccc1O. The van der Waals surface area contributed by atoms with Gasteiger partial charge in [0, 0.05) is 12.1 Å². The Balaban J connectivity index is 1.42. The second kappa shape index (κ2) is 8.97. The van der Waals surface area contributed by atoms with Gasteiger partial charge < -0.3 is 19.9 Å². The number of halogens is 1. The number of amides is 1. The number of hydrogen-bond donors (Lipinski definition) is 2. The van der Waals surface area contributed by atoms with Crippen LogP contribution in [-0.4, -0.2) is 24.4 Å². The molecule has 0 radical (unpaired) electrons. The zero-order valence-electron chi connectivity index (χ0n) is 16.4. The molecule has 0 bridgehead atoms. The van der Waals surface area contributed by atoms with E-state index in [0.29, 0.717) is 36.3 Å². The highest BCUT2D eigenvalue weighted by molar-refractivity contribution is 5.97. The first-order valence-electron chi connectivity index (χ1n) is 9.76. The molecule has 0 saturated carbocycles. The molecule has 3 aromatic carbocycles. The number of phenols is 1. The van der Waals surface area contributed by atoms with Gasteiger partial charge in [0.25, 0.3) is 5.91 Å². The Morgan fingerprint density at radius 1 is 1.07 bits per heavy atom. The Morgan fingerprint density at radius 2 is 1.90 bits per heavy atom. The summed E-state index contributed by atoms with van der Waals surface area (Å²) < 4.78 is 24.5. The predicted octanol–water partition coefficient (Wildman–Crippen LogP) is 3.96. The van der Waals surface area contributed by atoms with Gasteiger partial charge in [-0.1, -0.05) is 36.4 Å². The Kier molecular flexibility index (Phi) is 5.95. The highest BCUT2D eigenvalue weighted by atomic mass is 19.1. The maximum Gasteiger partial charge on any atom is 0.255 e. The van der Waals surface area contributed by atoms with E-state index in [1.165, 1.54) is 18.2 Å². The first-order valence-corrected chi connectivity index (χ1v) is 9.76. The molecule has 3 aromatic rings. The third-order valence-electron chi connectivity index (χ3n) is 4.99. The van der Waals surface area contributed by atoms with E-state index < -0.39 is 0 Å². The van der Waals surface area contributed by atoms with Crippen LogP contribution in [-0.2, 0) is 24.2 Å². The van der Waals surface area contributed by atoms with Crippen LogP contribution >= 0.6 is 0 Å². The van der Waals surface area contributed by atoms with Crippen molar-refractivity contribution in [3.63, 3.8) is 0 Å². The molecule has 0 spiro atoms. The van der Waals surface area contributed by atoms with Crippen molar-refractivity contribution in [2.45, 2.75) is 19.4 Å². The number of carbonyl (C=O) groups excluding carboxylic acids is 1. The predicted molar refractivity (Wildman–Crippen MR) is 110 cm³/mol. The van der Waals surface area contributed by atoms with Crippen LogP contribution < -0.4 is 10.1 Å². The minimum atomic E-state index is -0.378. The average Bonchev–Trinajstić information content (AvgIpc) is 2.75. The van der Waals surface area contributed by atoms with E-state index in [2.05, 4.69) is 5.32 Å². The first-order chi connectivity index (χ1) is 14.6. The Bertz CT molecular complexity index is 1050. The van der Waals surface area contributed by atoms with Crippen molar-refractivity contribution < 1.29 is 23.8 Å².